The molecule has 23 heavy (non-hydrogen) atoms. The first-order chi connectivity index (χ1) is 11.3. The molecule has 2 aromatic carbocycles. The summed E-state index contributed by atoms with van der Waals surface area (Å²) in [5.41, 5.74) is 4.59. The van der Waals surface area contributed by atoms with Crippen molar-refractivity contribution in [2.45, 2.75) is 19.4 Å². The monoisotopic (exact) mass is 312 g/mol. The molecular formula is C19H21FN2O. The Bertz CT molecular complexity index is 717. The first kappa shape index (κ1) is 14.5. The highest BCUT2D eigenvalue weighted by Gasteiger charge is 2.22. The van der Waals surface area contributed by atoms with Crippen LogP contribution in [-0.2, 0) is 19.4 Å². The van der Waals surface area contributed by atoms with Gasteiger partial charge in [0, 0.05) is 12.1 Å². The summed E-state index contributed by atoms with van der Waals surface area (Å²) in [5.74, 6) is 0.799. The number of benzene rings is 2. The molecule has 1 N–H and O–H groups in total. The summed E-state index contributed by atoms with van der Waals surface area (Å²) in [5, 5.41) is 3.44. The third-order valence-corrected chi connectivity index (χ3v) is 4.70. The van der Waals surface area contributed by atoms with E-state index in [1.54, 1.807) is 6.07 Å². The van der Waals surface area contributed by atoms with Gasteiger partial charge in [-0.1, -0.05) is 18.2 Å². The number of nitrogens with zero attached hydrogens (tertiary/aromatic N) is 1. The molecule has 0 bridgehead atoms. The van der Waals surface area contributed by atoms with Gasteiger partial charge in [0.1, 0.15) is 18.2 Å². The molecule has 0 unspecified atom stereocenters. The van der Waals surface area contributed by atoms with Gasteiger partial charge in [-0.2, -0.15) is 0 Å². The van der Waals surface area contributed by atoms with Gasteiger partial charge in [-0.25, -0.2) is 4.39 Å². The molecule has 0 aromatic heterocycles. The zero-order valence-electron chi connectivity index (χ0n) is 13.1. The maximum Gasteiger partial charge on any atom is 0.142 e. The van der Waals surface area contributed by atoms with E-state index in [0.717, 1.165) is 49.5 Å². The Balaban J connectivity index is 1.67. The van der Waals surface area contributed by atoms with Crippen LogP contribution < -0.4 is 15.0 Å². The molecule has 0 spiro atoms. The summed E-state index contributed by atoms with van der Waals surface area (Å²) in [6, 6.07) is 11.4. The zero-order chi connectivity index (χ0) is 15.6. The average Bonchev–Trinajstić information content (AvgIpc) is 2.80. The van der Waals surface area contributed by atoms with Gasteiger partial charge in [-0.15, -0.1) is 0 Å². The fraction of sp³-hybridized carbons (Fsp3) is 0.368. The van der Waals surface area contributed by atoms with E-state index in [-0.39, 0.29) is 5.82 Å². The molecule has 3 nitrogen and oxygen atoms in total. The molecule has 120 valence electrons. The summed E-state index contributed by atoms with van der Waals surface area (Å²) in [4.78, 5) is 2.23. The second-order valence-electron chi connectivity index (χ2n) is 6.20. The number of hydrogen-bond donors (Lipinski definition) is 1. The van der Waals surface area contributed by atoms with Gasteiger partial charge < -0.3 is 15.0 Å². The van der Waals surface area contributed by atoms with Crippen molar-refractivity contribution >= 4 is 5.69 Å². The number of fused-ring (bicyclic) bond motifs is 2. The molecule has 2 aliphatic rings. The third kappa shape index (κ3) is 2.91. The van der Waals surface area contributed by atoms with E-state index in [9.17, 15) is 4.39 Å². The topological polar surface area (TPSA) is 24.5 Å². The molecule has 4 rings (SSSR count). The van der Waals surface area contributed by atoms with Crippen molar-refractivity contribution in [1.29, 1.82) is 0 Å². The van der Waals surface area contributed by atoms with Crippen molar-refractivity contribution in [3.8, 4) is 5.75 Å². The van der Waals surface area contributed by atoms with E-state index in [4.69, 9.17) is 4.74 Å². The number of hydrogen-bond acceptors (Lipinski definition) is 3. The predicted octanol–water partition coefficient (Wildman–Crippen LogP) is 2.91. The lowest BCUT2D eigenvalue weighted by molar-refractivity contribution is 0.306. The van der Waals surface area contributed by atoms with Gasteiger partial charge >= 0.3 is 0 Å². The lowest BCUT2D eigenvalue weighted by atomic mass is 10.00. The Hall–Kier alpha value is -2.07. The van der Waals surface area contributed by atoms with Gasteiger partial charge in [0.05, 0.1) is 12.2 Å². The summed E-state index contributed by atoms with van der Waals surface area (Å²) >= 11 is 0. The van der Waals surface area contributed by atoms with Crippen molar-refractivity contribution < 1.29 is 9.13 Å². The van der Waals surface area contributed by atoms with Crippen LogP contribution in [0.25, 0.3) is 0 Å². The van der Waals surface area contributed by atoms with Crippen LogP contribution in [0.4, 0.5) is 10.1 Å². The van der Waals surface area contributed by atoms with Gasteiger partial charge in [-0.05, 0) is 55.3 Å². The third-order valence-electron chi connectivity index (χ3n) is 4.70. The highest BCUT2D eigenvalue weighted by atomic mass is 19.1. The van der Waals surface area contributed by atoms with Crippen LogP contribution in [0.3, 0.4) is 0 Å². The maximum atomic E-state index is 14.0. The standard InChI is InChI=1S/C19H21FN2O/c20-17-4-2-1-3-16(17)13-22-9-10-23-19-12-15-6-8-21-7-5-14(15)11-18(19)22/h1-4,11-12,21H,5-10,13H2. The Kier molecular flexibility index (Phi) is 3.92. The Morgan fingerprint density at radius 2 is 1.87 bits per heavy atom. The van der Waals surface area contributed by atoms with Crippen LogP contribution in [0.2, 0.25) is 0 Å². The van der Waals surface area contributed by atoms with E-state index < -0.39 is 0 Å². The van der Waals surface area contributed by atoms with Crippen molar-refractivity contribution in [2.24, 2.45) is 0 Å². The molecule has 2 aromatic rings. The summed E-state index contributed by atoms with van der Waals surface area (Å²) in [7, 11) is 0. The smallest absolute Gasteiger partial charge is 0.142 e. The maximum absolute atomic E-state index is 14.0. The summed E-state index contributed by atoms with van der Waals surface area (Å²) < 4.78 is 19.9. The molecular weight excluding hydrogens is 291 g/mol. The first-order valence-electron chi connectivity index (χ1n) is 8.29. The number of rotatable bonds is 2. The minimum absolute atomic E-state index is 0.139. The number of ether oxygens (including phenoxy) is 1. The highest BCUT2D eigenvalue weighted by molar-refractivity contribution is 5.63. The van der Waals surface area contributed by atoms with Crippen LogP contribution in [0, 0.1) is 5.82 Å². The second-order valence-corrected chi connectivity index (χ2v) is 6.20. The quantitative estimate of drug-likeness (QED) is 0.923. The fourth-order valence-electron chi connectivity index (χ4n) is 3.44. The zero-order valence-corrected chi connectivity index (χ0v) is 13.1. The van der Waals surface area contributed by atoms with E-state index in [2.05, 4.69) is 22.3 Å². The second kappa shape index (κ2) is 6.20. The van der Waals surface area contributed by atoms with E-state index in [0.29, 0.717) is 13.2 Å². The highest BCUT2D eigenvalue weighted by Crippen LogP contribution is 2.36. The van der Waals surface area contributed by atoms with Crippen molar-refractivity contribution in [3.63, 3.8) is 0 Å². The van der Waals surface area contributed by atoms with Crippen molar-refractivity contribution in [2.75, 3.05) is 31.1 Å². The number of nitrogens with one attached hydrogen (secondary N) is 1. The van der Waals surface area contributed by atoms with Crippen LogP contribution in [-0.4, -0.2) is 26.2 Å². The molecule has 2 aliphatic heterocycles. The van der Waals surface area contributed by atoms with E-state index >= 15 is 0 Å². The normalized spacial score (nSPS) is 17.0. The van der Waals surface area contributed by atoms with Crippen LogP contribution >= 0.6 is 0 Å². The first-order valence-corrected chi connectivity index (χ1v) is 8.29. The minimum Gasteiger partial charge on any atom is -0.490 e. The SMILES string of the molecule is Fc1ccccc1CN1CCOc2cc3c(cc21)CCNCC3. The van der Waals surface area contributed by atoms with E-state index in [1.165, 1.54) is 17.2 Å². The molecule has 2 heterocycles. The van der Waals surface area contributed by atoms with Crippen LogP contribution in [0.1, 0.15) is 16.7 Å². The number of anilines is 1. The average molecular weight is 312 g/mol. The van der Waals surface area contributed by atoms with Gasteiger partial charge in [0.2, 0.25) is 0 Å². The number of halogens is 1. The molecule has 0 amide bonds. The van der Waals surface area contributed by atoms with Crippen molar-refractivity contribution in [1.82, 2.24) is 5.32 Å². The van der Waals surface area contributed by atoms with E-state index in [1.807, 2.05) is 12.1 Å². The predicted molar refractivity (Wildman–Crippen MR) is 89.7 cm³/mol. The van der Waals surface area contributed by atoms with Gasteiger partial charge in [0.15, 0.2) is 0 Å². The van der Waals surface area contributed by atoms with Gasteiger partial charge in [0.25, 0.3) is 0 Å². The molecule has 0 fully saturated rings. The Morgan fingerprint density at radius 3 is 2.70 bits per heavy atom. The minimum atomic E-state index is -0.139. The lowest BCUT2D eigenvalue weighted by Crippen LogP contribution is -2.32. The molecule has 0 radical (unpaired) electrons. The van der Waals surface area contributed by atoms with Gasteiger partial charge in [-0.3, -0.25) is 0 Å². The molecule has 0 aliphatic carbocycles. The Labute approximate surface area is 136 Å². The molecule has 0 saturated carbocycles. The fourth-order valence-corrected chi connectivity index (χ4v) is 3.44. The Morgan fingerprint density at radius 1 is 1.09 bits per heavy atom. The summed E-state index contributed by atoms with van der Waals surface area (Å²) in [6.45, 7) is 4.06. The van der Waals surface area contributed by atoms with Crippen molar-refractivity contribution in [3.05, 3.63) is 58.9 Å². The largest absolute Gasteiger partial charge is 0.490 e. The lowest BCUT2D eigenvalue weighted by Gasteiger charge is -2.32. The summed E-state index contributed by atoms with van der Waals surface area (Å²) in [6.07, 6.45) is 2.08. The van der Waals surface area contributed by atoms with Crippen LogP contribution in [0.5, 0.6) is 5.75 Å². The molecule has 0 saturated heterocycles. The molecule has 0 atom stereocenters. The molecule has 4 heteroatoms. The van der Waals surface area contributed by atoms with Crippen LogP contribution in [0.15, 0.2) is 36.4 Å².